The van der Waals surface area contributed by atoms with E-state index in [0.29, 0.717) is 47.9 Å². The molecule has 3 aromatic rings. The Bertz CT molecular complexity index is 1500. The average molecular weight is 533 g/mol. The number of aromatic nitrogens is 1. The molecule has 9 heteroatoms. The summed E-state index contributed by atoms with van der Waals surface area (Å²) in [5.41, 5.74) is 4.11. The maximum absolute atomic E-state index is 13.0. The fraction of sp³-hybridized carbons (Fsp3) is 0.300. The van der Waals surface area contributed by atoms with Crippen LogP contribution in [0, 0.1) is 6.92 Å². The Labute approximate surface area is 226 Å². The number of H-pyrrole nitrogens is 1. The van der Waals surface area contributed by atoms with E-state index in [4.69, 9.17) is 18.9 Å². The van der Waals surface area contributed by atoms with Gasteiger partial charge in [0.15, 0.2) is 0 Å². The lowest BCUT2D eigenvalue weighted by Gasteiger charge is -2.31. The van der Waals surface area contributed by atoms with Crippen molar-refractivity contribution in [1.82, 2.24) is 10.3 Å². The Hall–Kier alpha value is -4.37. The Morgan fingerprint density at radius 1 is 0.897 bits per heavy atom. The molecule has 0 spiro atoms. The van der Waals surface area contributed by atoms with Crippen molar-refractivity contribution >= 4 is 22.8 Å². The van der Waals surface area contributed by atoms with Crippen molar-refractivity contribution in [2.24, 2.45) is 0 Å². The first-order valence-corrected chi connectivity index (χ1v) is 12.6. The highest BCUT2D eigenvalue weighted by Gasteiger charge is 2.39. The van der Waals surface area contributed by atoms with E-state index >= 15 is 0 Å². The van der Waals surface area contributed by atoms with Crippen LogP contribution in [0.5, 0.6) is 5.75 Å². The van der Waals surface area contributed by atoms with Crippen LogP contribution in [0.1, 0.15) is 30.4 Å². The number of nitrogens with one attached hydrogen (secondary N) is 2. The number of allylic oxidation sites excluding steroid dienone is 1. The van der Waals surface area contributed by atoms with Crippen molar-refractivity contribution in [3.05, 3.63) is 98.6 Å². The molecule has 0 amide bonds. The number of benzene rings is 2. The zero-order valence-electron chi connectivity index (χ0n) is 22.5. The summed E-state index contributed by atoms with van der Waals surface area (Å²) in [6, 6.07) is 16.3. The van der Waals surface area contributed by atoms with Crippen molar-refractivity contribution in [3.8, 4) is 5.75 Å². The van der Waals surface area contributed by atoms with E-state index in [2.05, 4.69) is 10.3 Å². The molecule has 0 radical (unpaired) electrons. The van der Waals surface area contributed by atoms with Gasteiger partial charge in [-0.3, -0.25) is 4.79 Å². The topological polar surface area (TPSA) is 116 Å². The third-order valence-electron chi connectivity index (χ3n) is 6.60. The number of rotatable bonds is 10. The van der Waals surface area contributed by atoms with Gasteiger partial charge in [-0.05, 0) is 49.2 Å². The average Bonchev–Trinajstić information content (AvgIpc) is 2.94. The summed E-state index contributed by atoms with van der Waals surface area (Å²) >= 11 is 0. The number of dihydropyridines is 1. The highest BCUT2D eigenvalue weighted by molar-refractivity contribution is 6.00. The predicted octanol–water partition coefficient (Wildman–Crippen LogP) is 3.88. The van der Waals surface area contributed by atoms with Crippen LogP contribution in [0.4, 0.5) is 0 Å². The van der Waals surface area contributed by atoms with Crippen LogP contribution < -0.4 is 15.6 Å². The van der Waals surface area contributed by atoms with Gasteiger partial charge in [0.05, 0.1) is 56.8 Å². The van der Waals surface area contributed by atoms with Crippen LogP contribution in [-0.2, 0) is 23.8 Å². The summed E-state index contributed by atoms with van der Waals surface area (Å²) in [6.07, 6.45) is 0.605. The molecular weight excluding hydrogens is 500 g/mol. The Morgan fingerprint density at radius 2 is 1.64 bits per heavy atom. The number of aryl methyl sites for hydroxylation is 1. The standard InChI is InChI=1S/C30H32N2O7/c1-18-8-5-6-9-22(18)27-26(29(34)36-3)19(2)31-24(28(27)30(35)37-4)17-38-14-7-15-39-21-11-12-23-20(16-21)10-13-25(33)32-23/h5-6,8-13,16,27,31H,7,14-15,17H2,1-4H3,(H,32,33). The van der Waals surface area contributed by atoms with Crippen LogP contribution in [0.15, 0.2) is 81.9 Å². The van der Waals surface area contributed by atoms with Gasteiger partial charge in [-0.2, -0.15) is 0 Å². The number of ether oxygens (including phenoxy) is 4. The molecule has 0 bridgehead atoms. The van der Waals surface area contributed by atoms with E-state index < -0.39 is 17.9 Å². The molecule has 1 aromatic heterocycles. The number of carbonyl (C=O) groups excluding carboxylic acids is 2. The van der Waals surface area contributed by atoms with Gasteiger partial charge in [0.25, 0.3) is 0 Å². The lowest BCUT2D eigenvalue weighted by Crippen LogP contribution is -2.34. The van der Waals surface area contributed by atoms with Crippen LogP contribution in [0.25, 0.3) is 10.9 Å². The zero-order valence-corrected chi connectivity index (χ0v) is 22.5. The van der Waals surface area contributed by atoms with Gasteiger partial charge in [0, 0.05) is 29.1 Å². The monoisotopic (exact) mass is 532 g/mol. The van der Waals surface area contributed by atoms with Gasteiger partial charge in [-0.1, -0.05) is 24.3 Å². The normalized spacial score (nSPS) is 15.2. The fourth-order valence-corrected chi connectivity index (χ4v) is 4.71. The molecule has 0 saturated heterocycles. The second kappa shape index (κ2) is 12.4. The second-order valence-corrected chi connectivity index (χ2v) is 9.15. The van der Waals surface area contributed by atoms with Crippen LogP contribution in [0.3, 0.4) is 0 Å². The van der Waals surface area contributed by atoms with E-state index in [1.54, 1.807) is 25.1 Å². The van der Waals surface area contributed by atoms with E-state index in [1.807, 2.05) is 37.3 Å². The zero-order chi connectivity index (χ0) is 27.9. The first-order valence-electron chi connectivity index (χ1n) is 12.6. The van der Waals surface area contributed by atoms with Gasteiger partial charge in [0.2, 0.25) is 5.56 Å². The minimum atomic E-state index is -0.669. The molecular formula is C30H32N2O7. The summed E-state index contributed by atoms with van der Waals surface area (Å²) in [6.45, 7) is 4.62. The molecule has 2 N–H and O–H groups in total. The van der Waals surface area contributed by atoms with Gasteiger partial charge < -0.3 is 29.2 Å². The molecule has 1 aliphatic heterocycles. The first-order chi connectivity index (χ1) is 18.8. The molecule has 2 heterocycles. The quantitative estimate of drug-likeness (QED) is 0.299. The molecule has 39 heavy (non-hydrogen) atoms. The van der Waals surface area contributed by atoms with Crippen LogP contribution in [-0.4, -0.2) is 51.0 Å². The molecule has 0 fully saturated rings. The molecule has 9 nitrogen and oxygen atoms in total. The minimum Gasteiger partial charge on any atom is -0.493 e. The summed E-state index contributed by atoms with van der Waals surface area (Å²) in [5.74, 6) is -1.05. The van der Waals surface area contributed by atoms with Crippen molar-refractivity contribution in [1.29, 1.82) is 0 Å². The van der Waals surface area contributed by atoms with Crippen molar-refractivity contribution in [3.63, 3.8) is 0 Å². The number of methoxy groups -OCH3 is 2. The van der Waals surface area contributed by atoms with E-state index in [1.165, 1.54) is 20.3 Å². The third-order valence-corrected chi connectivity index (χ3v) is 6.60. The third kappa shape index (κ3) is 6.21. The van der Waals surface area contributed by atoms with Crippen molar-refractivity contribution in [2.75, 3.05) is 34.0 Å². The van der Waals surface area contributed by atoms with Gasteiger partial charge in [0.1, 0.15) is 5.75 Å². The molecule has 1 aliphatic rings. The lowest BCUT2D eigenvalue weighted by molar-refractivity contribution is -0.137. The summed E-state index contributed by atoms with van der Waals surface area (Å²) in [7, 11) is 2.63. The number of hydrogen-bond acceptors (Lipinski definition) is 8. The maximum atomic E-state index is 13.0. The van der Waals surface area contributed by atoms with Crippen LogP contribution >= 0.6 is 0 Å². The minimum absolute atomic E-state index is 0.113. The smallest absolute Gasteiger partial charge is 0.336 e. The Morgan fingerprint density at radius 3 is 2.38 bits per heavy atom. The molecule has 1 atom stereocenters. The molecule has 0 aliphatic carbocycles. The summed E-state index contributed by atoms with van der Waals surface area (Å²) in [5, 5.41) is 4.06. The van der Waals surface area contributed by atoms with Crippen LogP contribution in [0.2, 0.25) is 0 Å². The summed E-state index contributed by atoms with van der Waals surface area (Å²) in [4.78, 5) is 40.1. The Balaban J connectivity index is 1.46. The second-order valence-electron chi connectivity index (χ2n) is 9.15. The number of hydrogen-bond donors (Lipinski definition) is 2. The molecule has 2 aromatic carbocycles. The molecule has 0 saturated carbocycles. The number of esters is 2. The van der Waals surface area contributed by atoms with Crippen molar-refractivity contribution in [2.45, 2.75) is 26.2 Å². The fourth-order valence-electron chi connectivity index (χ4n) is 4.71. The first kappa shape index (κ1) is 27.7. The highest BCUT2D eigenvalue weighted by atomic mass is 16.5. The van der Waals surface area contributed by atoms with Gasteiger partial charge >= 0.3 is 11.9 Å². The number of pyridine rings is 1. The summed E-state index contributed by atoms with van der Waals surface area (Å²) < 4.78 is 22.0. The highest BCUT2D eigenvalue weighted by Crippen LogP contribution is 2.40. The Kier molecular flexibility index (Phi) is 8.83. The number of aromatic amines is 1. The van der Waals surface area contributed by atoms with Gasteiger partial charge in [-0.15, -0.1) is 0 Å². The molecule has 204 valence electrons. The predicted molar refractivity (Wildman–Crippen MR) is 146 cm³/mol. The number of carbonyl (C=O) groups is 2. The number of fused-ring (bicyclic) bond motifs is 1. The molecule has 4 rings (SSSR count). The van der Waals surface area contributed by atoms with E-state index in [-0.39, 0.29) is 12.2 Å². The SMILES string of the molecule is COC(=O)C1=C(C)NC(COCCCOc2ccc3[nH]c(=O)ccc3c2)=C(C(=O)OC)C1c1ccccc1C. The van der Waals surface area contributed by atoms with Gasteiger partial charge in [-0.25, -0.2) is 9.59 Å². The molecule has 1 unspecified atom stereocenters. The van der Waals surface area contributed by atoms with E-state index in [0.717, 1.165) is 22.0 Å². The maximum Gasteiger partial charge on any atom is 0.336 e. The largest absolute Gasteiger partial charge is 0.493 e. The van der Waals surface area contributed by atoms with E-state index in [9.17, 15) is 14.4 Å². The van der Waals surface area contributed by atoms with Crippen molar-refractivity contribution < 1.29 is 28.5 Å². The lowest BCUT2D eigenvalue weighted by atomic mass is 9.78.